The predicted molar refractivity (Wildman–Crippen MR) is 77.8 cm³/mol. The molecule has 18 heavy (non-hydrogen) atoms. The van der Waals surface area contributed by atoms with Gasteiger partial charge in [0.15, 0.2) is 0 Å². The summed E-state index contributed by atoms with van der Waals surface area (Å²) in [7, 11) is 2.06. The van der Waals surface area contributed by atoms with Crippen molar-refractivity contribution in [3.05, 3.63) is 35.9 Å². The zero-order valence-corrected chi connectivity index (χ0v) is 11.6. The van der Waals surface area contributed by atoms with E-state index in [2.05, 4.69) is 47.6 Å². The molecule has 2 rings (SSSR count). The summed E-state index contributed by atoms with van der Waals surface area (Å²) >= 11 is 0. The van der Waals surface area contributed by atoms with Crippen molar-refractivity contribution in [1.29, 1.82) is 0 Å². The van der Waals surface area contributed by atoms with Crippen molar-refractivity contribution < 1.29 is 0 Å². The van der Waals surface area contributed by atoms with Gasteiger partial charge in [-0.15, -0.1) is 0 Å². The third-order valence-corrected chi connectivity index (χ3v) is 3.91. The quantitative estimate of drug-likeness (QED) is 0.877. The summed E-state index contributed by atoms with van der Waals surface area (Å²) in [5, 5.41) is 3.36. The number of nitrogens with zero attached hydrogens (tertiary/aromatic N) is 1. The van der Waals surface area contributed by atoms with Gasteiger partial charge in [0.1, 0.15) is 0 Å². The average molecular weight is 246 g/mol. The third kappa shape index (κ3) is 3.82. The highest BCUT2D eigenvalue weighted by molar-refractivity contribution is 5.19. The highest BCUT2D eigenvalue weighted by Crippen LogP contribution is 2.23. The summed E-state index contributed by atoms with van der Waals surface area (Å²) in [6.07, 6.45) is 6.94. The van der Waals surface area contributed by atoms with E-state index in [4.69, 9.17) is 0 Å². The lowest BCUT2D eigenvalue weighted by Crippen LogP contribution is -2.37. The van der Waals surface area contributed by atoms with Crippen LogP contribution in [0.1, 0.15) is 43.7 Å². The van der Waals surface area contributed by atoms with Crippen LogP contribution in [0.15, 0.2) is 30.3 Å². The largest absolute Gasteiger partial charge is 0.318 e. The summed E-state index contributed by atoms with van der Waals surface area (Å²) in [6.45, 7) is 3.55. The first-order valence-electron chi connectivity index (χ1n) is 7.35. The highest BCUT2D eigenvalue weighted by atomic mass is 15.2. The van der Waals surface area contributed by atoms with Crippen LogP contribution in [0.3, 0.4) is 0 Å². The van der Waals surface area contributed by atoms with Crippen molar-refractivity contribution >= 4 is 0 Å². The Hall–Kier alpha value is -0.860. The molecule has 100 valence electrons. The monoisotopic (exact) mass is 246 g/mol. The number of nitrogens with one attached hydrogen (secondary N) is 1. The Morgan fingerprint density at radius 3 is 2.22 bits per heavy atom. The second kappa shape index (κ2) is 7.55. The molecule has 1 aromatic rings. The van der Waals surface area contributed by atoms with E-state index in [1.54, 1.807) is 0 Å². The van der Waals surface area contributed by atoms with E-state index in [1.165, 1.54) is 50.8 Å². The molecule has 1 unspecified atom stereocenters. The van der Waals surface area contributed by atoms with Crippen LogP contribution in [0.2, 0.25) is 0 Å². The van der Waals surface area contributed by atoms with Crippen LogP contribution in [-0.2, 0) is 0 Å². The lowest BCUT2D eigenvalue weighted by Gasteiger charge is -2.33. The smallest absolute Gasteiger partial charge is 0.0472 e. The third-order valence-electron chi connectivity index (χ3n) is 3.91. The first-order valence-corrected chi connectivity index (χ1v) is 7.35. The number of hydrogen-bond acceptors (Lipinski definition) is 2. The second-order valence-electron chi connectivity index (χ2n) is 5.29. The maximum atomic E-state index is 3.36. The minimum Gasteiger partial charge on any atom is -0.318 e. The molecule has 1 fully saturated rings. The first-order chi connectivity index (χ1) is 8.92. The molecular formula is C16H26N2. The van der Waals surface area contributed by atoms with Gasteiger partial charge < -0.3 is 5.32 Å². The molecule has 0 bridgehead atoms. The van der Waals surface area contributed by atoms with Gasteiger partial charge in [0.05, 0.1) is 0 Å². The van der Waals surface area contributed by atoms with Gasteiger partial charge in [0.25, 0.3) is 0 Å². The summed E-state index contributed by atoms with van der Waals surface area (Å²) in [5.41, 5.74) is 1.45. The number of rotatable bonds is 4. The Morgan fingerprint density at radius 2 is 1.61 bits per heavy atom. The van der Waals surface area contributed by atoms with Crippen LogP contribution in [0.5, 0.6) is 0 Å². The normalized spacial score (nSPS) is 20.1. The van der Waals surface area contributed by atoms with Gasteiger partial charge in [-0.05, 0) is 38.5 Å². The molecule has 0 aromatic heterocycles. The SMILES string of the molecule is CNCC(c1ccccc1)N1CCCCCCC1. The van der Waals surface area contributed by atoms with E-state index in [-0.39, 0.29) is 0 Å². The number of hydrogen-bond donors (Lipinski definition) is 1. The van der Waals surface area contributed by atoms with Crippen molar-refractivity contribution in [2.45, 2.75) is 38.1 Å². The minimum atomic E-state index is 0.536. The number of likely N-dealkylation sites (tertiary alicyclic amines) is 1. The molecule has 1 atom stereocenters. The van der Waals surface area contributed by atoms with Crippen molar-refractivity contribution in [3.63, 3.8) is 0 Å². The van der Waals surface area contributed by atoms with Gasteiger partial charge in [-0.25, -0.2) is 0 Å². The first kappa shape index (κ1) is 13.6. The van der Waals surface area contributed by atoms with E-state index in [0.717, 1.165) is 6.54 Å². The molecule has 1 N–H and O–H groups in total. The van der Waals surface area contributed by atoms with Gasteiger partial charge >= 0.3 is 0 Å². The maximum absolute atomic E-state index is 3.36. The van der Waals surface area contributed by atoms with E-state index >= 15 is 0 Å². The Bertz CT molecular complexity index is 315. The molecule has 2 nitrogen and oxygen atoms in total. The van der Waals surface area contributed by atoms with Crippen molar-refractivity contribution in [2.24, 2.45) is 0 Å². The topological polar surface area (TPSA) is 15.3 Å². The molecule has 1 saturated heterocycles. The molecule has 1 aliphatic heterocycles. The second-order valence-corrected chi connectivity index (χ2v) is 5.29. The fraction of sp³-hybridized carbons (Fsp3) is 0.625. The van der Waals surface area contributed by atoms with Crippen LogP contribution in [0, 0.1) is 0 Å². The molecule has 0 saturated carbocycles. The van der Waals surface area contributed by atoms with E-state index in [0.29, 0.717) is 6.04 Å². The average Bonchev–Trinajstić information content (AvgIpc) is 2.38. The number of benzene rings is 1. The van der Waals surface area contributed by atoms with E-state index in [9.17, 15) is 0 Å². The molecule has 0 radical (unpaired) electrons. The fourth-order valence-corrected chi connectivity index (χ4v) is 2.91. The highest BCUT2D eigenvalue weighted by Gasteiger charge is 2.19. The van der Waals surface area contributed by atoms with Crippen LogP contribution in [0.4, 0.5) is 0 Å². The lowest BCUT2D eigenvalue weighted by atomic mass is 10.0. The van der Waals surface area contributed by atoms with E-state index < -0.39 is 0 Å². The Morgan fingerprint density at radius 1 is 1.00 bits per heavy atom. The molecular weight excluding hydrogens is 220 g/mol. The van der Waals surface area contributed by atoms with Crippen LogP contribution >= 0.6 is 0 Å². The molecule has 0 aliphatic carbocycles. The van der Waals surface area contributed by atoms with Gasteiger partial charge in [-0.3, -0.25) is 4.90 Å². The Kier molecular flexibility index (Phi) is 5.69. The van der Waals surface area contributed by atoms with Gasteiger partial charge in [-0.2, -0.15) is 0 Å². The fourth-order valence-electron chi connectivity index (χ4n) is 2.91. The molecule has 0 spiro atoms. The minimum absolute atomic E-state index is 0.536. The summed E-state index contributed by atoms with van der Waals surface area (Å²) in [5.74, 6) is 0. The zero-order chi connectivity index (χ0) is 12.6. The molecule has 1 aliphatic rings. The van der Waals surface area contributed by atoms with Crippen molar-refractivity contribution in [1.82, 2.24) is 10.2 Å². The zero-order valence-electron chi connectivity index (χ0n) is 11.6. The van der Waals surface area contributed by atoms with E-state index in [1.807, 2.05) is 0 Å². The maximum Gasteiger partial charge on any atom is 0.0472 e. The predicted octanol–water partition coefficient (Wildman–Crippen LogP) is 3.21. The van der Waals surface area contributed by atoms with Crippen LogP contribution in [0.25, 0.3) is 0 Å². The van der Waals surface area contributed by atoms with Gasteiger partial charge in [-0.1, -0.05) is 49.6 Å². The van der Waals surface area contributed by atoms with Crippen LogP contribution < -0.4 is 5.32 Å². The van der Waals surface area contributed by atoms with Crippen molar-refractivity contribution in [3.8, 4) is 0 Å². The molecule has 0 amide bonds. The molecule has 2 heteroatoms. The summed E-state index contributed by atoms with van der Waals surface area (Å²) in [4.78, 5) is 2.67. The lowest BCUT2D eigenvalue weighted by molar-refractivity contribution is 0.178. The summed E-state index contributed by atoms with van der Waals surface area (Å²) < 4.78 is 0. The van der Waals surface area contributed by atoms with Crippen molar-refractivity contribution in [2.75, 3.05) is 26.7 Å². The molecule has 1 heterocycles. The summed E-state index contributed by atoms with van der Waals surface area (Å²) in [6, 6.07) is 11.5. The molecule has 1 aromatic carbocycles. The Balaban J connectivity index is 2.07. The Labute approximate surface area is 111 Å². The standard InChI is InChI=1S/C16H26N2/c1-17-14-16(15-10-6-5-7-11-15)18-12-8-3-2-4-9-13-18/h5-7,10-11,16-17H,2-4,8-9,12-14H2,1H3. The van der Waals surface area contributed by atoms with Gasteiger partial charge in [0.2, 0.25) is 0 Å². The number of likely N-dealkylation sites (N-methyl/N-ethyl adjacent to an activating group) is 1. The van der Waals surface area contributed by atoms with Crippen LogP contribution in [-0.4, -0.2) is 31.6 Å². The van der Waals surface area contributed by atoms with Gasteiger partial charge in [0, 0.05) is 12.6 Å².